The van der Waals surface area contributed by atoms with E-state index in [2.05, 4.69) is 5.32 Å². The molecule has 76 valence electrons. The molecule has 5 nitrogen and oxygen atoms in total. The number of carbonyl (C=O) groups is 1. The molecular formula is C8H17N3O2. The van der Waals surface area contributed by atoms with Crippen molar-refractivity contribution in [3.8, 4) is 0 Å². The van der Waals surface area contributed by atoms with Gasteiger partial charge in [0, 0.05) is 13.1 Å². The Balaban J connectivity index is 2.19. The van der Waals surface area contributed by atoms with Crippen molar-refractivity contribution in [3.63, 3.8) is 0 Å². The fourth-order valence-electron chi connectivity index (χ4n) is 1.08. The zero-order chi connectivity index (χ0) is 10.1. The van der Waals surface area contributed by atoms with Gasteiger partial charge in [0.25, 0.3) is 0 Å². The van der Waals surface area contributed by atoms with Crippen molar-refractivity contribution in [2.24, 2.45) is 5.84 Å². The summed E-state index contributed by atoms with van der Waals surface area (Å²) in [6.45, 7) is 6.90. The smallest absolute Gasteiger partial charge is 0.407 e. The van der Waals surface area contributed by atoms with E-state index >= 15 is 0 Å². The number of nitrogens with two attached hydrogens (primary N) is 1. The number of nitrogens with zero attached hydrogens (tertiary/aromatic N) is 1. The highest BCUT2D eigenvalue weighted by Crippen LogP contribution is 2.08. The minimum Gasteiger partial charge on any atom is -0.444 e. The zero-order valence-electron chi connectivity index (χ0n) is 8.33. The van der Waals surface area contributed by atoms with Crippen LogP contribution in [0.5, 0.6) is 0 Å². The van der Waals surface area contributed by atoms with E-state index in [0.29, 0.717) is 13.1 Å². The molecule has 0 bridgehead atoms. The SMILES string of the molecule is CC(C)(C)OC(=O)NC1CN(N)C1. The Hall–Kier alpha value is -0.810. The second kappa shape index (κ2) is 3.51. The van der Waals surface area contributed by atoms with Gasteiger partial charge in [-0.3, -0.25) is 5.84 Å². The number of alkyl carbamates (subject to hydrolysis) is 1. The minimum atomic E-state index is -0.434. The Morgan fingerprint density at radius 3 is 2.46 bits per heavy atom. The molecule has 0 aliphatic carbocycles. The number of hydrogen-bond acceptors (Lipinski definition) is 4. The highest BCUT2D eigenvalue weighted by atomic mass is 16.6. The average molecular weight is 187 g/mol. The quantitative estimate of drug-likeness (QED) is 0.570. The Kier molecular flexibility index (Phi) is 2.77. The van der Waals surface area contributed by atoms with Crippen molar-refractivity contribution >= 4 is 6.09 Å². The van der Waals surface area contributed by atoms with Gasteiger partial charge in [-0.25, -0.2) is 9.80 Å². The van der Waals surface area contributed by atoms with Crippen LogP contribution in [0, 0.1) is 0 Å². The summed E-state index contributed by atoms with van der Waals surface area (Å²) in [6, 6.07) is 0.139. The third-order valence-corrected chi connectivity index (χ3v) is 1.63. The summed E-state index contributed by atoms with van der Waals surface area (Å²) in [5, 5.41) is 4.36. The Bertz CT molecular complexity index is 194. The van der Waals surface area contributed by atoms with E-state index in [1.165, 1.54) is 0 Å². The molecule has 1 rings (SSSR count). The van der Waals surface area contributed by atoms with Crippen LogP contribution in [0.3, 0.4) is 0 Å². The van der Waals surface area contributed by atoms with E-state index in [4.69, 9.17) is 10.6 Å². The highest BCUT2D eigenvalue weighted by Gasteiger charge is 2.27. The minimum absolute atomic E-state index is 0.139. The summed E-state index contributed by atoms with van der Waals surface area (Å²) < 4.78 is 5.07. The fourth-order valence-corrected chi connectivity index (χ4v) is 1.08. The van der Waals surface area contributed by atoms with Gasteiger partial charge in [0.15, 0.2) is 0 Å². The van der Waals surface area contributed by atoms with Crippen molar-refractivity contribution < 1.29 is 9.53 Å². The number of carbonyl (C=O) groups excluding carboxylic acids is 1. The third-order valence-electron chi connectivity index (χ3n) is 1.63. The molecule has 13 heavy (non-hydrogen) atoms. The van der Waals surface area contributed by atoms with Crippen LogP contribution in [0.1, 0.15) is 20.8 Å². The molecule has 1 heterocycles. The van der Waals surface area contributed by atoms with E-state index in [-0.39, 0.29) is 12.1 Å². The summed E-state index contributed by atoms with van der Waals surface area (Å²) in [5.74, 6) is 5.41. The monoisotopic (exact) mass is 187 g/mol. The molecule has 0 aromatic rings. The van der Waals surface area contributed by atoms with Crippen molar-refractivity contribution in [1.82, 2.24) is 10.3 Å². The second-order valence-electron chi connectivity index (χ2n) is 4.30. The molecule has 0 radical (unpaired) electrons. The van der Waals surface area contributed by atoms with Gasteiger partial charge in [-0.05, 0) is 20.8 Å². The lowest BCUT2D eigenvalue weighted by Gasteiger charge is -2.36. The molecule has 0 spiro atoms. The van der Waals surface area contributed by atoms with Gasteiger partial charge in [0.1, 0.15) is 5.60 Å². The molecule has 1 fully saturated rings. The first kappa shape index (κ1) is 10.3. The molecule has 1 saturated heterocycles. The van der Waals surface area contributed by atoms with Crippen LogP contribution in [-0.4, -0.2) is 35.8 Å². The van der Waals surface area contributed by atoms with Crippen molar-refractivity contribution in [2.45, 2.75) is 32.4 Å². The molecule has 1 aliphatic heterocycles. The number of hydrogen-bond donors (Lipinski definition) is 2. The summed E-state index contributed by atoms with van der Waals surface area (Å²) in [5.41, 5.74) is -0.434. The van der Waals surface area contributed by atoms with E-state index in [1.807, 2.05) is 20.8 Å². The second-order valence-corrected chi connectivity index (χ2v) is 4.30. The molecule has 0 aromatic carbocycles. The standard InChI is InChI=1S/C8H17N3O2/c1-8(2,3)13-7(12)10-6-4-11(9)5-6/h6H,4-5,9H2,1-3H3,(H,10,12). The largest absolute Gasteiger partial charge is 0.444 e. The summed E-state index contributed by atoms with van der Waals surface area (Å²) in [4.78, 5) is 11.2. The first-order chi connectivity index (χ1) is 5.87. The van der Waals surface area contributed by atoms with Crippen LogP contribution < -0.4 is 11.2 Å². The molecule has 5 heteroatoms. The maximum atomic E-state index is 11.2. The highest BCUT2D eigenvalue weighted by molar-refractivity contribution is 5.68. The van der Waals surface area contributed by atoms with Crippen LogP contribution in [0.15, 0.2) is 0 Å². The van der Waals surface area contributed by atoms with E-state index in [9.17, 15) is 4.79 Å². The zero-order valence-corrected chi connectivity index (χ0v) is 8.33. The summed E-state index contributed by atoms with van der Waals surface area (Å²) in [7, 11) is 0. The van der Waals surface area contributed by atoms with Crippen LogP contribution in [-0.2, 0) is 4.74 Å². The number of hydrazine groups is 1. The lowest BCUT2D eigenvalue weighted by atomic mass is 10.2. The van der Waals surface area contributed by atoms with Crippen LogP contribution >= 0.6 is 0 Å². The molecule has 0 saturated carbocycles. The topological polar surface area (TPSA) is 67.6 Å². The maximum Gasteiger partial charge on any atom is 0.407 e. The van der Waals surface area contributed by atoms with Gasteiger partial charge >= 0.3 is 6.09 Å². The predicted octanol–water partition coefficient (Wildman–Crippen LogP) is 0.0690. The first-order valence-electron chi connectivity index (χ1n) is 4.36. The van der Waals surface area contributed by atoms with E-state index in [0.717, 1.165) is 0 Å². The molecule has 0 unspecified atom stereocenters. The molecular weight excluding hydrogens is 170 g/mol. The van der Waals surface area contributed by atoms with Gasteiger partial charge in [0.05, 0.1) is 6.04 Å². The fraction of sp³-hybridized carbons (Fsp3) is 0.875. The summed E-state index contributed by atoms with van der Waals surface area (Å²) in [6.07, 6.45) is -0.370. The number of rotatable bonds is 1. The summed E-state index contributed by atoms with van der Waals surface area (Å²) >= 11 is 0. The third kappa shape index (κ3) is 3.61. The number of amides is 1. The lowest BCUT2D eigenvalue weighted by molar-refractivity contribution is 0.0403. The van der Waals surface area contributed by atoms with Crippen molar-refractivity contribution in [2.75, 3.05) is 13.1 Å². The number of nitrogens with one attached hydrogen (secondary N) is 1. The number of ether oxygens (including phenoxy) is 1. The van der Waals surface area contributed by atoms with E-state index in [1.54, 1.807) is 5.01 Å². The predicted molar refractivity (Wildman–Crippen MR) is 48.9 cm³/mol. The van der Waals surface area contributed by atoms with Gasteiger partial charge in [0.2, 0.25) is 0 Å². The van der Waals surface area contributed by atoms with Gasteiger partial charge < -0.3 is 10.1 Å². The average Bonchev–Trinajstić information content (AvgIpc) is 1.79. The van der Waals surface area contributed by atoms with Crippen LogP contribution in [0.2, 0.25) is 0 Å². The van der Waals surface area contributed by atoms with Gasteiger partial charge in [-0.1, -0.05) is 0 Å². The molecule has 0 atom stereocenters. The molecule has 1 amide bonds. The van der Waals surface area contributed by atoms with Gasteiger partial charge in [-0.2, -0.15) is 0 Å². The van der Waals surface area contributed by atoms with Crippen LogP contribution in [0.4, 0.5) is 4.79 Å². The molecule has 1 aliphatic rings. The Morgan fingerprint density at radius 1 is 1.54 bits per heavy atom. The first-order valence-corrected chi connectivity index (χ1v) is 4.36. The van der Waals surface area contributed by atoms with Crippen LogP contribution in [0.25, 0.3) is 0 Å². The van der Waals surface area contributed by atoms with E-state index < -0.39 is 5.60 Å². The Labute approximate surface area is 78.2 Å². The lowest BCUT2D eigenvalue weighted by Crippen LogP contribution is -2.62. The normalized spacial score (nSPS) is 19.4. The molecule has 3 N–H and O–H groups in total. The van der Waals surface area contributed by atoms with Crippen molar-refractivity contribution in [1.29, 1.82) is 0 Å². The van der Waals surface area contributed by atoms with Gasteiger partial charge in [-0.15, -0.1) is 0 Å². The molecule has 0 aromatic heterocycles. The van der Waals surface area contributed by atoms with Crippen molar-refractivity contribution in [3.05, 3.63) is 0 Å². The maximum absolute atomic E-state index is 11.2. The Morgan fingerprint density at radius 2 is 2.08 bits per heavy atom.